The summed E-state index contributed by atoms with van der Waals surface area (Å²) in [6.45, 7) is 2.14. The third kappa shape index (κ3) is 1.80. The summed E-state index contributed by atoms with van der Waals surface area (Å²) in [6.07, 6.45) is 2.01. The van der Waals surface area contributed by atoms with Crippen LogP contribution < -0.4 is 0 Å². The zero-order valence-electron chi connectivity index (χ0n) is 13.4. The van der Waals surface area contributed by atoms with Crippen LogP contribution >= 0.6 is 0 Å². The summed E-state index contributed by atoms with van der Waals surface area (Å²) in [6, 6.07) is 25.6. The average molecular weight is 308 g/mol. The molecule has 5 rings (SSSR count). The highest BCUT2D eigenvalue weighted by molar-refractivity contribution is 6.17. The summed E-state index contributed by atoms with van der Waals surface area (Å²) in [7, 11) is 0. The number of benzene rings is 3. The van der Waals surface area contributed by atoms with Crippen LogP contribution in [0.15, 0.2) is 79.0 Å². The van der Waals surface area contributed by atoms with Crippen molar-refractivity contribution in [2.45, 2.75) is 6.92 Å². The molecule has 0 saturated carbocycles. The summed E-state index contributed by atoms with van der Waals surface area (Å²) in [4.78, 5) is 4.68. The molecule has 0 spiro atoms. The third-order valence-corrected chi connectivity index (χ3v) is 4.67. The van der Waals surface area contributed by atoms with Crippen LogP contribution in [0.3, 0.4) is 0 Å². The van der Waals surface area contributed by atoms with Crippen molar-refractivity contribution in [3.05, 3.63) is 84.6 Å². The van der Waals surface area contributed by atoms with Gasteiger partial charge in [-0.05, 0) is 37.3 Å². The van der Waals surface area contributed by atoms with Crippen LogP contribution in [0.5, 0.6) is 0 Å². The minimum absolute atomic E-state index is 1.03. The van der Waals surface area contributed by atoms with E-state index in [1.54, 1.807) is 0 Å². The van der Waals surface area contributed by atoms with Gasteiger partial charge in [0.1, 0.15) is 0 Å². The summed E-state index contributed by atoms with van der Waals surface area (Å²) >= 11 is 0. The molecule has 2 aromatic heterocycles. The number of rotatable bonds is 1. The number of hydrogen-bond acceptors (Lipinski definition) is 1. The number of aryl methyl sites for hydroxylation is 1. The van der Waals surface area contributed by atoms with Gasteiger partial charge in [0, 0.05) is 28.0 Å². The molecule has 3 aromatic carbocycles. The molecule has 0 amide bonds. The van der Waals surface area contributed by atoms with Gasteiger partial charge in [-0.25, -0.2) is 0 Å². The first-order valence-electron chi connectivity index (χ1n) is 8.17. The molecule has 0 unspecified atom stereocenters. The van der Waals surface area contributed by atoms with Crippen LogP contribution in [-0.2, 0) is 0 Å². The summed E-state index contributed by atoms with van der Waals surface area (Å²) in [5.41, 5.74) is 5.93. The first-order chi connectivity index (χ1) is 11.8. The maximum Gasteiger partial charge on any atom is 0.0723 e. The second kappa shape index (κ2) is 4.93. The van der Waals surface area contributed by atoms with Crippen molar-refractivity contribution in [3.63, 3.8) is 0 Å². The summed E-state index contributed by atoms with van der Waals surface area (Å²) < 4.78 is 2.36. The van der Waals surface area contributed by atoms with Gasteiger partial charge in [0.2, 0.25) is 0 Å². The molecule has 0 bridgehead atoms. The van der Waals surface area contributed by atoms with E-state index in [0.29, 0.717) is 0 Å². The highest BCUT2D eigenvalue weighted by atomic mass is 15.0. The number of aromatic nitrogens is 2. The second-order valence-electron chi connectivity index (χ2n) is 6.23. The highest BCUT2D eigenvalue weighted by Gasteiger charge is 2.15. The van der Waals surface area contributed by atoms with Gasteiger partial charge in [-0.15, -0.1) is 0 Å². The van der Waals surface area contributed by atoms with E-state index >= 15 is 0 Å². The zero-order valence-corrected chi connectivity index (χ0v) is 13.4. The summed E-state index contributed by atoms with van der Waals surface area (Å²) in [5, 5.41) is 3.65. The van der Waals surface area contributed by atoms with Crippen molar-refractivity contribution in [1.29, 1.82) is 0 Å². The molecular weight excluding hydrogens is 292 g/mol. The van der Waals surface area contributed by atoms with Gasteiger partial charge in [0.15, 0.2) is 0 Å². The highest BCUT2D eigenvalue weighted by Crippen LogP contribution is 2.35. The van der Waals surface area contributed by atoms with Crippen molar-refractivity contribution in [1.82, 2.24) is 9.55 Å². The largest absolute Gasteiger partial charge is 0.309 e. The molecule has 0 saturated heterocycles. The van der Waals surface area contributed by atoms with Crippen LogP contribution in [-0.4, -0.2) is 9.55 Å². The van der Waals surface area contributed by atoms with Gasteiger partial charge in [0.05, 0.1) is 16.6 Å². The number of para-hydroxylation sites is 2. The van der Waals surface area contributed by atoms with Crippen LogP contribution in [0.1, 0.15) is 5.56 Å². The molecule has 0 fully saturated rings. The lowest BCUT2D eigenvalue weighted by Gasteiger charge is -2.09. The Hall–Kier alpha value is -3.13. The Labute approximate surface area is 140 Å². The zero-order chi connectivity index (χ0) is 16.1. The van der Waals surface area contributed by atoms with Crippen LogP contribution in [0, 0.1) is 6.92 Å². The third-order valence-electron chi connectivity index (χ3n) is 4.67. The molecule has 2 heterocycles. The van der Waals surface area contributed by atoms with E-state index < -0.39 is 0 Å². The van der Waals surface area contributed by atoms with E-state index in [-0.39, 0.29) is 0 Å². The minimum Gasteiger partial charge on any atom is -0.309 e. The number of nitrogens with zero attached hydrogens (tertiary/aromatic N) is 2. The molecule has 0 aliphatic heterocycles. The van der Waals surface area contributed by atoms with Crippen molar-refractivity contribution >= 4 is 32.7 Å². The summed E-state index contributed by atoms with van der Waals surface area (Å²) in [5.74, 6) is 0. The van der Waals surface area contributed by atoms with Gasteiger partial charge in [-0.2, -0.15) is 0 Å². The fourth-order valence-electron chi connectivity index (χ4n) is 3.59. The van der Waals surface area contributed by atoms with Crippen molar-refractivity contribution in [3.8, 4) is 5.69 Å². The molecule has 114 valence electrons. The fraction of sp³-hybridized carbons (Fsp3) is 0.0455. The monoisotopic (exact) mass is 308 g/mol. The van der Waals surface area contributed by atoms with E-state index in [0.717, 1.165) is 5.52 Å². The minimum atomic E-state index is 1.03. The van der Waals surface area contributed by atoms with Gasteiger partial charge >= 0.3 is 0 Å². The maximum atomic E-state index is 4.68. The predicted molar refractivity (Wildman–Crippen MR) is 101 cm³/mol. The van der Waals surface area contributed by atoms with E-state index in [1.165, 1.54) is 38.4 Å². The normalized spacial score (nSPS) is 11.5. The number of pyridine rings is 1. The molecule has 2 heteroatoms. The molecule has 0 atom stereocenters. The van der Waals surface area contributed by atoms with E-state index in [4.69, 9.17) is 0 Å². The van der Waals surface area contributed by atoms with Gasteiger partial charge < -0.3 is 4.57 Å². The first-order valence-corrected chi connectivity index (χ1v) is 8.17. The second-order valence-corrected chi connectivity index (χ2v) is 6.23. The van der Waals surface area contributed by atoms with Crippen LogP contribution in [0.2, 0.25) is 0 Å². The van der Waals surface area contributed by atoms with Crippen LogP contribution in [0.25, 0.3) is 38.4 Å². The van der Waals surface area contributed by atoms with E-state index in [9.17, 15) is 0 Å². The molecule has 0 aliphatic rings. The van der Waals surface area contributed by atoms with Crippen molar-refractivity contribution in [2.24, 2.45) is 0 Å². The first kappa shape index (κ1) is 13.3. The van der Waals surface area contributed by atoms with Crippen molar-refractivity contribution in [2.75, 3.05) is 0 Å². The Morgan fingerprint density at radius 1 is 0.750 bits per heavy atom. The predicted octanol–water partition coefficient (Wildman–Crippen LogP) is 5.64. The van der Waals surface area contributed by atoms with Crippen LogP contribution in [0.4, 0.5) is 0 Å². The Kier molecular flexibility index (Phi) is 2.74. The average Bonchev–Trinajstić information content (AvgIpc) is 2.96. The Morgan fingerprint density at radius 2 is 1.54 bits per heavy atom. The maximum absolute atomic E-state index is 4.68. The molecule has 0 N–H and O–H groups in total. The molecule has 0 radical (unpaired) electrons. The quantitative estimate of drug-likeness (QED) is 0.392. The van der Waals surface area contributed by atoms with E-state index in [1.807, 2.05) is 12.3 Å². The standard InChI is InChI=1S/C22H16N2/c1-15-11-12-21-18(13-15)19-14-23-20-10-6-5-9-17(20)22(19)24(21)16-7-3-2-4-8-16/h2-14H,1H3. The smallest absolute Gasteiger partial charge is 0.0723 e. The van der Waals surface area contributed by atoms with Crippen molar-refractivity contribution < 1.29 is 0 Å². The molecular formula is C22H16N2. The van der Waals surface area contributed by atoms with Gasteiger partial charge in [0.25, 0.3) is 0 Å². The number of fused-ring (bicyclic) bond motifs is 5. The lowest BCUT2D eigenvalue weighted by molar-refractivity contribution is 1.18. The Morgan fingerprint density at radius 3 is 2.42 bits per heavy atom. The Bertz CT molecular complexity index is 1200. The lowest BCUT2D eigenvalue weighted by atomic mass is 10.1. The van der Waals surface area contributed by atoms with Gasteiger partial charge in [-0.3, -0.25) is 4.98 Å². The van der Waals surface area contributed by atoms with Gasteiger partial charge in [-0.1, -0.05) is 48.0 Å². The molecule has 2 nitrogen and oxygen atoms in total. The fourth-order valence-corrected chi connectivity index (χ4v) is 3.59. The lowest BCUT2D eigenvalue weighted by Crippen LogP contribution is -1.94. The van der Waals surface area contributed by atoms with E-state index in [2.05, 4.69) is 83.2 Å². The SMILES string of the molecule is Cc1ccc2c(c1)c1cnc3ccccc3c1n2-c1ccccc1. The molecule has 24 heavy (non-hydrogen) atoms. The molecule has 5 aromatic rings. The Balaban J connectivity index is 2.09. The molecule has 0 aliphatic carbocycles. The number of hydrogen-bond donors (Lipinski definition) is 0. The topological polar surface area (TPSA) is 17.8 Å².